The lowest BCUT2D eigenvalue weighted by Crippen LogP contribution is -2.51. The molecule has 2 aliphatic heterocycles. The van der Waals surface area contributed by atoms with Crippen molar-refractivity contribution in [3.63, 3.8) is 0 Å². The summed E-state index contributed by atoms with van der Waals surface area (Å²) < 4.78 is 5.08. The third kappa shape index (κ3) is 2.34. The zero-order chi connectivity index (χ0) is 15.8. The monoisotopic (exact) mass is 308 g/mol. The molecule has 1 aromatic carbocycles. The lowest BCUT2D eigenvalue weighted by Gasteiger charge is -2.41. The fraction of sp³-hybridized carbons (Fsp3) is 0.222. The third-order valence-corrected chi connectivity index (χ3v) is 4.43. The second kappa shape index (κ2) is 5.43. The highest BCUT2D eigenvalue weighted by Gasteiger charge is 2.36. The molecule has 5 nitrogen and oxygen atoms in total. The van der Waals surface area contributed by atoms with Crippen LogP contribution in [0.3, 0.4) is 0 Å². The second-order valence-electron chi connectivity index (χ2n) is 5.74. The van der Waals surface area contributed by atoms with Crippen molar-refractivity contribution in [3.05, 3.63) is 71.3 Å². The normalized spacial score (nSPS) is 21.6. The molecule has 1 unspecified atom stereocenters. The maximum absolute atomic E-state index is 12.7. The van der Waals surface area contributed by atoms with Crippen LogP contribution >= 0.6 is 0 Å². The van der Waals surface area contributed by atoms with Crippen LogP contribution in [-0.2, 0) is 11.2 Å². The van der Waals surface area contributed by atoms with Gasteiger partial charge in [-0.25, -0.2) is 0 Å². The Bertz CT molecular complexity index is 792. The number of carbonyl (C=O) groups is 2. The van der Waals surface area contributed by atoms with Gasteiger partial charge in [0.1, 0.15) is 5.70 Å². The molecule has 116 valence electrons. The minimum atomic E-state index is -0.304. The van der Waals surface area contributed by atoms with E-state index in [4.69, 9.17) is 4.42 Å². The van der Waals surface area contributed by atoms with E-state index >= 15 is 0 Å². The Morgan fingerprint density at radius 3 is 2.96 bits per heavy atom. The summed E-state index contributed by atoms with van der Waals surface area (Å²) in [6, 6.07) is 11.5. The van der Waals surface area contributed by atoms with Crippen molar-refractivity contribution in [3.8, 4) is 0 Å². The first kappa shape index (κ1) is 13.8. The number of carbonyl (C=O) groups excluding carboxylic acids is 2. The number of benzene rings is 1. The zero-order valence-electron chi connectivity index (χ0n) is 12.5. The molecule has 4 rings (SSSR count). The Morgan fingerprint density at radius 1 is 1.26 bits per heavy atom. The standard InChI is InChI=1S/C18H16N2O3/c21-16(17-6-3-9-23-17)10-14-18(22)20-8-7-12-4-1-2-5-13(12)15(20)11-19-14/h1-6,9-10,15,19H,7-8,11H2. The van der Waals surface area contributed by atoms with E-state index in [1.54, 1.807) is 12.1 Å². The van der Waals surface area contributed by atoms with Crippen molar-refractivity contribution in [1.29, 1.82) is 0 Å². The smallest absolute Gasteiger partial charge is 0.270 e. The van der Waals surface area contributed by atoms with Gasteiger partial charge in [0, 0.05) is 19.2 Å². The molecule has 2 aliphatic rings. The lowest BCUT2D eigenvalue weighted by atomic mass is 9.91. The number of allylic oxidation sites excluding steroid dienone is 1. The quantitative estimate of drug-likeness (QED) is 0.681. The van der Waals surface area contributed by atoms with Gasteiger partial charge in [-0.05, 0) is 29.7 Å². The number of ketones is 1. The third-order valence-electron chi connectivity index (χ3n) is 4.43. The number of amides is 1. The van der Waals surface area contributed by atoms with Gasteiger partial charge < -0.3 is 14.6 Å². The summed E-state index contributed by atoms with van der Waals surface area (Å²) in [5, 5.41) is 3.11. The Hall–Kier alpha value is -2.82. The maximum atomic E-state index is 12.7. The number of hydrogen-bond acceptors (Lipinski definition) is 4. The molecule has 1 amide bonds. The average Bonchev–Trinajstić information content (AvgIpc) is 3.12. The van der Waals surface area contributed by atoms with Gasteiger partial charge in [0.05, 0.1) is 12.3 Å². The van der Waals surface area contributed by atoms with Gasteiger partial charge in [0.15, 0.2) is 5.76 Å². The van der Waals surface area contributed by atoms with Crippen LogP contribution in [0.25, 0.3) is 0 Å². The van der Waals surface area contributed by atoms with E-state index in [0.717, 1.165) is 6.42 Å². The van der Waals surface area contributed by atoms with Gasteiger partial charge in [0.25, 0.3) is 5.91 Å². The molecule has 0 radical (unpaired) electrons. The number of piperazine rings is 1. The summed E-state index contributed by atoms with van der Waals surface area (Å²) in [6.45, 7) is 1.29. The van der Waals surface area contributed by atoms with Crippen LogP contribution < -0.4 is 5.32 Å². The van der Waals surface area contributed by atoms with Gasteiger partial charge in [-0.3, -0.25) is 9.59 Å². The molecule has 0 bridgehead atoms. The van der Waals surface area contributed by atoms with Crippen LogP contribution in [0, 0.1) is 0 Å². The minimum Gasteiger partial charge on any atom is -0.461 e. The molecule has 1 saturated heterocycles. The molecule has 1 N–H and O–H groups in total. The van der Waals surface area contributed by atoms with E-state index in [0.29, 0.717) is 18.8 Å². The fourth-order valence-corrected chi connectivity index (χ4v) is 3.29. The van der Waals surface area contributed by atoms with Crippen molar-refractivity contribution < 1.29 is 14.0 Å². The van der Waals surface area contributed by atoms with Gasteiger partial charge in [-0.1, -0.05) is 24.3 Å². The van der Waals surface area contributed by atoms with Crippen LogP contribution in [0.1, 0.15) is 27.7 Å². The van der Waals surface area contributed by atoms with E-state index in [9.17, 15) is 9.59 Å². The Balaban J connectivity index is 1.60. The highest BCUT2D eigenvalue weighted by molar-refractivity contribution is 6.08. The molecular formula is C18H16N2O3. The molecule has 0 spiro atoms. The van der Waals surface area contributed by atoms with Crippen molar-refractivity contribution in [2.75, 3.05) is 13.1 Å². The number of nitrogens with zero attached hydrogens (tertiary/aromatic N) is 1. The molecule has 5 heteroatoms. The van der Waals surface area contributed by atoms with Crippen LogP contribution in [-0.4, -0.2) is 29.7 Å². The Morgan fingerprint density at radius 2 is 2.13 bits per heavy atom. The summed E-state index contributed by atoms with van der Waals surface area (Å²) in [7, 11) is 0. The predicted molar refractivity (Wildman–Crippen MR) is 83.7 cm³/mol. The van der Waals surface area contributed by atoms with E-state index in [2.05, 4.69) is 17.4 Å². The molecule has 2 aromatic rings. The zero-order valence-corrected chi connectivity index (χ0v) is 12.5. The van der Waals surface area contributed by atoms with E-state index < -0.39 is 0 Å². The van der Waals surface area contributed by atoms with Crippen molar-refractivity contribution in [1.82, 2.24) is 10.2 Å². The largest absolute Gasteiger partial charge is 0.461 e. The van der Waals surface area contributed by atoms with Gasteiger partial charge in [-0.2, -0.15) is 0 Å². The fourth-order valence-electron chi connectivity index (χ4n) is 3.29. The summed E-state index contributed by atoms with van der Waals surface area (Å²) in [5.74, 6) is -0.199. The lowest BCUT2D eigenvalue weighted by molar-refractivity contribution is -0.132. The molecule has 1 fully saturated rings. The second-order valence-corrected chi connectivity index (χ2v) is 5.74. The summed E-state index contributed by atoms with van der Waals surface area (Å²) >= 11 is 0. The molecule has 0 saturated carbocycles. The molecular weight excluding hydrogens is 292 g/mol. The Labute approximate surface area is 133 Å². The molecule has 23 heavy (non-hydrogen) atoms. The average molecular weight is 308 g/mol. The molecule has 0 aliphatic carbocycles. The van der Waals surface area contributed by atoms with E-state index in [-0.39, 0.29) is 23.5 Å². The number of rotatable bonds is 2. The highest BCUT2D eigenvalue weighted by atomic mass is 16.3. The molecule has 1 aromatic heterocycles. The Kier molecular flexibility index (Phi) is 3.26. The molecule has 1 atom stereocenters. The number of furan rings is 1. The first-order valence-electron chi connectivity index (χ1n) is 7.66. The topological polar surface area (TPSA) is 62.6 Å². The number of hydrogen-bond donors (Lipinski definition) is 1. The highest BCUT2D eigenvalue weighted by Crippen LogP contribution is 2.32. The van der Waals surface area contributed by atoms with Crippen LogP contribution in [0.15, 0.2) is 58.9 Å². The maximum Gasteiger partial charge on any atom is 0.270 e. The predicted octanol–water partition coefficient (Wildman–Crippen LogP) is 2.08. The van der Waals surface area contributed by atoms with Gasteiger partial charge in [0.2, 0.25) is 5.78 Å². The van der Waals surface area contributed by atoms with Crippen molar-refractivity contribution >= 4 is 11.7 Å². The summed E-state index contributed by atoms with van der Waals surface area (Å²) in [4.78, 5) is 26.6. The summed E-state index contributed by atoms with van der Waals surface area (Å²) in [5.41, 5.74) is 2.82. The molecule has 3 heterocycles. The summed E-state index contributed by atoms with van der Waals surface area (Å²) in [6.07, 6.45) is 3.62. The van der Waals surface area contributed by atoms with Crippen LogP contribution in [0.2, 0.25) is 0 Å². The number of fused-ring (bicyclic) bond motifs is 3. The van der Waals surface area contributed by atoms with Crippen LogP contribution in [0.5, 0.6) is 0 Å². The van der Waals surface area contributed by atoms with Crippen molar-refractivity contribution in [2.45, 2.75) is 12.5 Å². The first-order chi connectivity index (χ1) is 11.2. The number of nitrogens with one attached hydrogen (secondary N) is 1. The minimum absolute atomic E-state index is 0.0308. The van der Waals surface area contributed by atoms with Gasteiger partial charge in [-0.15, -0.1) is 0 Å². The van der Waals surface area contributed by atoms with Gasteiger partial charge >= 0.3 is 0 Å². The first-order valence-corrected chi connectivity index (χ1v) is 7.66. The van der Waals surface area contributed by atoms with Crippen molar-refractivity contribution in [2.24, 2.45) is 0 Å². The van der Waals surface area contributed by atoms with E-state index in [1.807, 2.05) is 17.0 Å². The SMILES string of the molecule is O=C(C=C1NCC2c3ccccc3CCN2C1=O)c1ccco1. The van der Waals surface area contributed by atoms with Crippen LogP contribution in [0.4, 0.5) is 0 Å². The van der Waals surface area contributed by atoms with E-state index in [1.165, 1.54) is 23.5 Å².